The second-order valence-electron chi connectivity index (χ2n) is 6.65. The number of hydroxylamine groups is 1. The van der Waals surface area contributed by atoms with Gasteiger partial charge in [0.25, 0.3) is 5.91 Å². The Labute approximate surface area is 146 Å². The van der Waals surface area contributed by atoms with Gasteiger partial charge in [0.2, 0.25) is 0 Å². The first-order valence-corrected chi connectivity index (χ1v) is 8.48. The first-order valence-electron chi connectivity index (χ1n) is 8.48. The standard InChI is InChI=1S/C20H21N3O2/c1-22-11-10-17-16-4-2-3-5-18(16)23(19(17)13-22)12-14-6-8-15(9-7-14)20(24)21-25/h2-9,25H,10-13H2,1H3,(H,21,24)/i1-1. The van der Waals surface area contributed by atoms with Crippen LogP contribution in [0.15, 0.2) is 48.5 Å². The number of carbonyl (C=O) groups is 1. The number of amides is 1. The van der Waals surface area contributed by atoms with Crippen molar-refractivity contribution in [1.29, 1.82) is 0 Å². The summed E-state index contributed by atoms with van der Waals surface area (Å²) in [5.74, 6) is -0.489. The summed E-state index contributed by atoms with van der Waals surface area (Å²) in [6.07, 6.45) is 1.08. The summed E-state index contributed by atoms with van der Waals surface area (Å²) in [6, 6.07) is 16.0. The number of aromatic nitrogens is 1. The van der Waals surface area contributed by atoms with Crippen LogP contribution in [0, 0.1) is 0 Å². The van der Waals surface area contributed by atoms with Crippen molar-refractivity contribution < 1.29 is 10.0 Å². The number of hydrogen-bond acceptors (Lipinski definition) is 3. The number of nitrogens with one attached hydrogen (secondary N) is 1. The number of benzene rings is 2. The lowest BCUT2D eigenvalue weighted by atomic mass is 10.0. The molecule has 0 atom stereocenters. The number of likely N-dealkylation sites (N-methyl/N-ethyl adjacent to an activating group) is 1. The molecule has 5 heteroatoms. The fourth-order valence-corrected chi connectivity index (χ4v) is 3.71. The Kier molecular flexibility index (Phi) is 4.03. The van der Waals surface area contributed by atoms with Crippen LogP contribution in [0.1, 0.15) is 27.2 Å². The predicted molar refractivity (Wildman–Crippen MR) is 96.8 cm³/mol. The topological polar surface area (TPSA) is 57.5 Å². The van der Waals surface area contributed by atoms with Crippen LogP contribution in [0.4, 0.5) is 0 Å². The third kappa shape index (κ3) is 2.81. The summed E-state index contributed by atoms with van der Waals surface area (Å²) in [7, 11) is 2.16. The Morgan fingerprint density at radius 1 is 1.16 bits per heavy atom. The van der Waals surface area contributed by atoms with Crippen molar-refractivity contribution in [3.63, 3.8) is 0 Å². The molecule has 2 aromatic carbocycles. The van der Waals surface area contributed by atoms with Crippen LogP contribution in [-0.4, -0.2) is 34.2 Å². The molecule has 0 bridgehead atoms. The zero-order valence-electron chi connectivity index (χ0n) is 14.2. The van der Waals surface area contributed by atoms with E-state index in [4.69, 9.17) is 5.21 Å². The number of nitrogens with zero attached hydrogens (tertiary/aromatic N) is 2. The highest BCUT2D eigenvalue weighted by Crippen LogP contribution is 2.31. The van der Waals surface area contributed by atoms with E-state index < -0.39 is 5.91 Å². The molecule has 2 N–H and O–H groups in total. The molecule has 0 saturated carbocycles. The predicted octanol–water partition coefficient (Wildman–Crippen LogP) is 2.80. The minimum absolute atomic E-state index is 0.449. The average Bonchev–Trinajstić information content (AvgIpc) is 2.95. The van der Waals surface area contributed by atoms with E-state index in [2.05, 4.69) is 40.8 Å². The Balaban J connectivity index is 1.74. The van der Waals surface area contributed by atoms with Crippen molar-refractivity contribution in [2.24, 2.45) is 0 Å². The molecule has 2 heterocycles. The van der Waals surface area contributed by atoms with Crippen molar-refractivity contribution >= 4 is 16.8 Å². The van der Waals surface area contributed by atoms with E-state index in [-0.39, 0.29) is 0 Å². The molecule has 0 radical (unpaired) electrons. The molecule has 1 aliphatic rings. The van der Waals surface area contributed by atoms with Crippen molar-refractivity contribution in [1.82, 2.24) is 14.9 Å². The summed E-state index contributed by atoms with van der Waals surface area (Å²) < 4.78 is 2.39. The maximum atomic E-state index is 11.5. The molecule has 3 aromatic rings. The summed E-state index contributed by atoms with van der Waals surface area (Å²) in [4.78, 5) is 13.8. The van der Waals surface area contributed by atoms with E-state index in [1.165, 1.54) is 22.2 Å². The molecule has 1 aliphatic heterocycles. The first-order chi connectivity index (χ1) is 12.2. The normalized spacial score (nSPS) is 14.5. The SMILES string of the molecule is [11CH3]N1CCc2c(n(Cc3ccc(C(=O)NO)cc3)c3ccccc23)C1. The van der Waals surface area contributed by atoms with E-state index in [1.54, 1.807) is 17.6 Å². The lowest BCUT2D eigenvalue weighted by molar-refractivity contribution is 0.0706. The first kappa shape index (κ1) is 15.9. The van der Waals surface area contributed by atoms with Crippen LogP contribution in [0.5, 0.6) is 0 Å². The van der Waals surface area contributed by atoms with Crippen LogP contribution < -0.4 is 5.48 Å². The van der Waals surface area contributed by atoms with E-state index >= 15 is 0 Å². The number of hydrogen-bond donors (Lipinski definition) is 2. The molecule has 25 heavy (non-hydrogen) atoms. The summed E-state index contributed by atoms with van der Waals surface area (Å²) in [6.45, 7) is 2.81. The van der Waals surface area contributed by atoms with Gasteiger partial charge >= 0.3 is 0 Å². The van der Waals surface area contributed by atoms with Crippen molar-refractivity contribution in [2.75, 3.05) is 13.6 Å². The quantitative estimate of drug-likeness (QED) is 0.572. The molecule has 4 rings (SSSR count). The molecule has 1 aromatic heterocycles. The smallest absolute Gasteiger partial charge is 0.274 e. The molecule has 1 amide bonds. The zero-order chi connectivity index (χ0) is 17.4. The van der Waals surface area contributed by atoms with Gasteiger partial charge in [-0.15, -0.1) is 0 Å². The molecule has 0 fully saturated rings. The fourth-order valence-electron chi connectivity index (χ4n) is 3.71. The third-order valence-corrected chi connectivity index (χ3v) is 5.02. The molecule has 5 nitrogen and oxygen atoms in total. The van der Waals surface area contributed by atoms with E-state index in [1.807, 2.05) is 12.1 Å². The highest BCUT2D eigenvalue weighted by atomic mass is 16.5. The van der Waals surface area contributed by atoms with Gasteiger partial charge in [0.1, 0.15) is 0 Å². The Morgan fingerprint density at radius 3 is 2.68 bits per heavy atom. The van der Waals surface area contributed by atoms with E-state index in [0.717, 1.165) is 31.6 Å². The Hall–Kier alpha value is -2.63. The van der Waals surface area contributed by atoms with Gasteiger partial charge in [0.05, 0.1) is 0 Å². The molecule has 0 spiro atoms. The minimum Gasteiger partial charge on any atom is -0.339 e. The third-order valence-electron chi connectivity index (χ3n) is 5.02. The summed E-state index contributed by atoms with van der Waals surface area (Å²) in [5, 5.41) is 10.1. The molecular formula is C20H21N3O2. The van der Waals surface area contributed by atoms with Gasteiger partial charge in [-0.2, -0.15) is 0 Å². The van der Waals surface area contributed by atoms with Crippen LogP contribution in [-0.2, 0) is 19.5 Å². The number of para-hydroxylation sites is 1. The molecule has 0 saturated heterocycles. The van der Waals surface area contributed by atoms with Gasteiger partial charge in [0.15, 0.2) is 0 Å². The van der Waals surface area contributed by atoms with Gasteiger partial charge in [-0.05, 0) is 42.8 Å². The average molecular weight is 334 g/mol. The summed E-state index contributed by atoms with van der Waals surface area (Å²) in [5.41, 5.74) is 7.36. The highest BCUT2D eigenvalue weighted by molar-refractivity contribution is 5.93. The largest absolute Gasteiger partial charge is 0.339 e. The fraction of sp³-hybridized carbons (Fsp3) is 0.250. The minimum atomic E-state index is -0.489. The number of fused-ring (bicyclic) bond motifs is 3. The van der Waals surface area contributed by atoms with Crippen molar-refractivity contribution in [3.8, 4) is 0 Å². The van der Waals surface area contributed by atoms with Crippen molar-refractivity contribution in [2.45, 2.75) is 19.5 Å². The summed E-state index contributed by atoms with van der Waals surface area (Å²) >= 11 is 0. The van der Waals surface area contributed by atoms with Gasteiger partial charge < -0.3 is 9.47 Å². The molecule has 128 valence electrons. The van der Waals surface area contributed by atoms with Gasteiger partial charge in [0, 0.05) is 41.8 Å². The van der Waals surface area contributed by atoms with Crippen LogP contribution >= 0.6 is 0 Å². The lowest BCUT2D eigenvalue weighted by Crippen LogP contribution is -2.27. The maximum Gasteiger partial charge on any atom is 0.274 e. The van der Waals surface area contributed by atoms with Gasteiger partial charge in [-0.3, -0.25) is 10.0 Å². The van der Waals surface area contributed by atoms with E-state index in [9.17, 15) is 4.79 Å². The lowest BCUT2D eigenvalue weighted by Gasteiger charge is -2.24. The maximum absolute atomic E-state index is 11.5. The second kappa shape index (κ2) is 6.35. The highest BCUT2D eigenvalue weighted by Gasteiger charge is 2.22. The molecular weight excluding hydrogens is 313 g/mol. The van der Waals surface area contributed by atoms with Gasteiger partial charge in [-0.1, -0.05) is 30.3 Å². The molecule has 0 aliphatic carbocycles. The monoisotopic (exact) mass is 334 g/mol. The number of carbonyl (C=O) groups excluding carboxylic acids is 1. The number of rotatable bonds is 3. The van der Waals surface area contributed by atoms with Crippen LogP contribution in [0.3, 0.4) is 0 Å². The Morgan fingerprint density at radius 2 is 1.92 bits per heavy atom. The molecule has 0 unspecified atom stereocenters. The van der Waals surface area contributed by atoms with Crippen molar-refractivity contribution in [3.05, 3.63) is 70.9 Å². The second-order valence-corrected chi connectivity index (χ2v) is 6.65. The van der Waals surface area contributed by atoms with Crippen LogP contribution in [0.25, 0.3) is 10.9 Å². The zero-order valence-corrected chi connectivity index (χ0v) is 14.2. The van der Waals surface area contributed by atoms with E-state index in [0.29, 0.717) is 5.56 Å². The van der Waals surface area contributed by atoms with Crippen LogP contribution in [0.2, 0.25) is 0 Å². The van der Waals surface area contributed by atoms with Gasteiger partial charge in [-0.25, -0.2) is 5.48 Å². The Bertz CT molecular complexity index is 928.